The molecule has 0 spiro atoms. The van der Waals surface area contributed by atoms with Crippen LogP contribution in [-0.2, 0) is 17.9 Å². The van der Waals surface area contributed by atoms with Gasteiger partial charge < -0.3 is 19.2 Å². The molecule has 4 aromatic rings. The lowest BCUT2D eigenvalue weighted by molar-refractivity contribution is -0.121. The predicted molar refractivity (Wildman–Crippen MR) is 110 cm³/mol. The fourth-order valence-corrected chi connectivity index (χ4v) is 3.51. The average Bonchev–Trinajstić information content (AvgIpc) is 3.39. The van der Waals surface area contributed by atoms with Crippen LogP contribution in [0.25, 0.3) is 11.0 Å². The van der Waals surface area contributed by atoms with Gasteiger partial charge >= 0.3 is 0 Å². The zero-order valence-corrected chi connectivity index (χ0v) is 17.7. The first kappa shape index (κ1) is 21.0. The van der Waals surface area contributed by atoms with E-state index in [9.17, 15) is 19.1 Å². The minimum absolute atomic E-state index is 0.0259. The Bertz CT molecular complexity index is 1410. The molecule has 0 saturated carbocycles. The second-order valence-electron chi connectivity index (χ2n) is 7.30. The maximum atomic E-state index is 13.6. The Morgan fingerprint density at radius 1 is 1.30 bits per heavy atom. The molecule has 12 nitrogen and oxygen atoms in total. The summed E-state index contributed by atoms with van der Waals surface area (Å²) in [5.74, 6) is -0.538. The van der Waals surface area contributed by atoms with Gasteiger partial charge in [-0.2, -0.15) is 4.80 Å². The molecule has 1 N–H and O–H groups in total. The van der Waals surface area contributed by atoms with Crippen molar-refractivity contribution in [2.45, 2.75) is 19.2 Å². The maximum Gasteiger partial charge on any atom is 0.281 e. The number of ether oxygens (including phenoxy) is 1. The molecule has 0 fully saturated rings. The van der Waals surface area contributed by atoms with Crippen molar-refractivity contribution in [2.24, 2.45) is 0 Å². The zero-order valence-electron chi connectivity index (χ0n) is 17.0. The van der Waals surface area contributed by atoms with Gasteiger partial charge in [-0.1, -0.05) is 11.6 Å². The summed E-state index contributed by atoms with van der Waals surface area (Å²) in [5.41, 5.74) is -0.146. The lowest BCUT2D eigenvalue weighted by atomic mass is 10.2. The Hall–Kier alpha value is -3.84. The highest BCUT2D eigenvalue weighted by atomic mass is 35.5. The quantitative estimate of drug-likeness (QED) is 0.445. The van der Waals surface area contributed by atoms with Crippen LogP contribution < -0.4 is 15.2 Å². The van der Waals surface area contributed by atoms with Gasteiger partial charge in [0.2, 0.25) is 5.88 Å². The van der Waals surface area contributed by atoms with Crippen LogP contribution in [0, 0.1) is 5.82 Å². The van der Waals surface area contributed by atoms with E-state index in [-0.39, 0.29) is 53.8 Å². The second-order valence-corrected chi connectivity index (χ2v) is 7.71. The Balaban J connectivity index is 1.33. The van der Waals surface area contributed by atoms with Crippen molar-refractivity contribution in [1.29, 1.82) is 0 Å². The molecule has 1 aromatic carbocycles. The van der Waals surface area contributed by atoms with Gasteiger partial charge in [0.25, 0.3) is 11.5 Å². The van der Waals surface area contributed by atoms with Crippen LogP contribution in [0.5, 0.6) is 5.88 Å². The number of benzene rings is 1. The Morgan fingerprint density at radius 3 is 2.94 bits per heavy atom. The van der Waals surface area contributed by atoms with Crippen LogP contribution in [0.3, 0.4) is 0 Å². The fraction of sp³-hybridized carbons (Fsp3) is 0.263. The van der Waals surface area contributed by atoms with Crippen LogP contribution in [0.2, 0.25) is 5.02 Å². The Morgan fingerprint density at radius 2 is 2.12 bits per heavy atom. The van der Waals surface area contributed by atoms with Gasteiger partial charge in [-0.05, 0) is 17.3 Å². The van der Waals surface area contributed by atoms with Gasteiger partial charge in [-0.15, -0.1) is 10.2 Å². The second kappa shape index (κ2) is 7.94. The number of tetrazole rings is 1. The molecule has 1 amide bonds. The van der Waals surface area contributed by atoms with Crippen molar-refractivity contribution in [2.75, 3.05) is 18.6 Å². The van der Waals surface area contributed by atoms with Crippen LogP contribution in [0.1, 0.15) is 17.7 Å². The summed E-state index contributed by atoms with van der Waals surface area (Å²) in [6.07, 6.45) is 0.116. The summed E-state index contributed by atoms with van der Waals surface area (Å²) in [7, 11) is 1.47. The molecule has 0 radical (unpaired) electrons. The summed E-state index contributed by atoms with van der Waals surface area (Å²) in [6.45, 7) is -0.365. The maximum absolute atomic E-state index is 13.6. The van der Waals surface area contributed by atoms with E-state index in [2.05, 4.69) is 20.4 Å². The first-order valence-electron chi connectivity index (χ1n) is 9.62. The number of nitrogens with zero attached hydrogens (tertiary/aromatic N) is 7. The standard InChI is InChI=1S/C19H15ClFN7O5/c1-26-16(30)7-32-18-17(26)19(31)27(8-22-18)6-15-23-25-28(24-15)5-12(29)14-3-9-2-11(21)10(20)4-13(9)33-14/h2-4,8,12,29H,5-7H2,1H3/t12-/m0/s1. The third kappa shape index (κ3) is 3.81. The number of rotatable bonds is 5. The van der Waals surface area contributed by atoms with Crippen LogP contribution in [0.15, 0.2) is 33.7 Å². The van der Waals surface area contributed by atoms with E-state index < -0.39 is 17.5 Å². The van der Waals surface area contributed by atoms with E-state index in [0.29, 0.717) is 11.0 Å². The molecule has 0 bridgehead atoms. The SMILES string of the molecule is CN1C(=O)COc2ncn(Cc3nnn(C[C@H](O)c4cc5cc(F)c(Cl)cc5o4)n3)c(=O)c21. The highest BCUT2D eigenvalue weighted by Crippen LogP contribution is 2.29. The number of halogens is 2. The number of aliphatic hydroxyl groups is 1. The van der Waals surface area contributed by atoms with E-state index in [1.54, 1.807) is 0 Å². The van der Waals surface area contributed by atoms with E-state index in [0.717, 1.165) is 4.80 Å². The molecule has 1 aliphatic rings. The largest absolute Gasteiger partial charge is 0.466 e. The summed E-state index contributed by atoms with van der Waals surface area (Å²) in [6, 6.07) is 4.04. The van der Waals surface area contributed by atoms with Gasteiger partial charge in [0.1, 0.15) is 29.6 Å². The van der Waals surface area contributed by atoms with E-state index in [4.69, 9.17) is 20.8 Å². The highest BCUT2D eigenvalue weighted by Gasteiger charge is 2.27. The van der Waals surface area contributed by atoms with Crippen molar-refractivity contribution < 1.29 is 23.4 Å². The number of likely N-dealkylation sites (N-methyl/N-ethyl adjacent to an activating group) is 1. The third-order valence-electron chi connectivity index (χ3n) is 5.07. The minimum Gasteiger partial charge on any atom is -0.466 e. The number of aliphatic hydroxyl groups excluding tert-OH is 1. The van der Waals surface area contributed by atoms with Crippen LogP contribution >= 0.6 is 11.6 Å². The Kier molecular flexibility index (Phi) is 5.06. The lowest BCUT2D eigenvalue weighted by Crippen LogP contribution is -2.41. The monoisotopic (exact) mass is 475 g/mol. The highest BCUT2D eigenvalue weighted by molar-refractivity contribution is 6.31. The summed E-state index contributed by atoms with van der Waals surface area (Å²) in [4.78, 5) is 31.0. The van der Waals surface area contributed by atoms with Gasteiger partial charge in [-0.25, -0.2) is 9.37 Å². The van der Waals surface area contributed by atoms with Gasteiger partial charge in [0.15, 0.2) is 18.1 Å². The third-order valence-corrected chi connectivity index (χ3v) is 5.36. The van der Waals surface area contributed by atoms with Crippen molar-refractivity contribution in [3.63, 3.8) is 0 Å². The summed E-state index contributed by atoms with van der Waals surface area (Å²) < 4.78 is 25.6. The van der Waals surface area contributed by atoms with Crippen molar-refractivity contribution in [1.82, 2.24) is 29.8 Å². The molecular weight excluding hydrogens is 461 g/mol. The molecular formula is C19H15ClFN7O5. The van der Waals surface area contributed by atoms with E-state index >= 15 is 0 Å². The van der Waals surface area contributed by atoms with E-state index in [1.807, 2.05) is 0 Å². The first-order valence-corrected chi connectivity index (χ1v) is 10.00. The number of hydrogen-bond donors (Lipinski definition) is 1. The zero-order chi connectivity index (χ0) is 23.3. The van der Waals surface area contributed by atoms with Crippen molar-refractivity contribution in [3.8, 4) is 5.88 Å². The number of hydrogen-bond acceptors (Lipinski definition) is 9. The summed E-state index contributed by atoms with van der Waals surface area (Å²) in [5, 5.41) is 22.7. The van der Waals surface area contributed by atoms with E-state index in [1.165, 1.54) is 41.0 Å². The molecule has 4 heterocycles. The summed E-state index contributed by atoms with van der Waals surface area (Å²) >= 11 is 5.76. The molecule has 170 valence electrons. The molecule has 5 rings (SSSR count). The number of fused-ring (bicyclic) bond motifs is 2. The van der Waals surface area contributed by atoms with Gasteiger partial charge in [-0.3, -0.25) is 14.2 Å². The molecule has 33 heavy (non-hydrogen) atoms. The molecule has 1 aliphatic heterocycles. The number of furan rings is 1. The number of carbonyl (C=O) groups is 1. The number of amides is 1. The van der Waals surface area contributed by atoms with Crippen LogP contribution in [0.4, 0.5) is 10.1 Å². The molecule has 0 unspecified atom stereocenters. The molecule has 1 atom stereocenters. The number of anilines is 1. The number of carbonyl (C=O) groups excluding carboxylic acids is 1. The normalized spacial score (nSPS) is 14.4. The minimum atomic E-state index is -1.15. The average molecular weight is 476 g/mol. The van der Waals surface area contributed by atoms with Crippen LogP contribution in [-0.4, -0.2) is 54.4 Å². The smallest absolute Gasteiger partial charge is 0.281 e. The fourth-order valence-electron chi connectivity index (χ4n) is 3.35. The molecule has 0 aliphatic carbocycles. The topological polar surface area (TPSA) is 141 Å². The van der Waals surface area contributed by atoms with Gasteiger partial charge in [0.05, 0.1) is 18.1 Å². The lowest BCUT2D eigenvalue weighted by Gasteiger charge is -2.24. The molecule has 14 heteroatoms. The number of aromatic nitrogens is 6. The predicted octanol–water partition coefficient (Wildman–Crippen LogP) is 0.906. The Labute approximate surface area is 188 Å². The van der Waals surface area contributed by atoms with Crippen molar-refractivity contribution in [3.05, 3.63) is 57.3 Å². The molecule has 0 saturated heterocycles. The first-order chi connectivity index (χ1) is 15.8. The molecule has 3 aromatic heterocycles. The van der Waals surface area contributed by atoms with Gasteiger partial charge in [0, 0.05) is 18.5 Å². The van der Waals surface area contributed by atoms with Crippen molar-refractivity contribution >= 4 is 34.2 Å².